The van der Waals surface area contributed by atoms with Crippen LogP contribution in [0.15, 0.2) is 48.7 Å². The Kier molecular flexibility index (Phi) is 4.28. The summed E-state index contributed by atoms with van der Waals surface area (Å²) in [4.78, 5) is 21.1. The lowest BCUT2D eigenvalue weighted by Crippen LogP contribution is -2.12. The molecule has 1 amide bonds. The summed E-state index contributed by atoms with van der Waals surface area (Å²) in [6, 6.07) is 13.1. The van der Waals surface area contributed by atoms with E-state index >= 15 is 0 Å². The molecule has 0 spiro atoms. The third-order valence-corrected chi connectivity index (χ3v) is 4.41. The van der Waals surface area contributed by atoms with Gasteiger partial charge in [-0.2, -0.15) is 0 Å². The van der Waals surface area contributed by atoms with Gasteiger partial charge in [-0.1, -0.05) is 23.7 Å². The van der Waals surface area contributed by atoms with Crippen molar-refractivity contribution in [1.29, 1.82) is 0 Å². The minimum Gasteiger partial charge on any atom is -0.326 e. The Morgan fingerprint density at radius 1 is 1.19 bits per heavy atom. The molecule has 1 aromatic heterocycles. The van der Waals surface area contributed by atoms with Crippen LogP contribution >= 0.6 is 11.6 Å². The number of nitrogens with zero attached hydrogens (tertiary/aromatic N) is 2. The summed E-state index contributed by atoms with van der Waals surface area (Å²) in [5, 5.41) is 6.61. The van der Waals surface area contributed by atoms with E-state index < -0.39 is 0 Å². The molecule has 0 fully saturated rings. The molecule has 6 nitrogen and oxygen atoms in total. The van der Waals surface area contributed by atoms with Crippen LogP contribution in [-0.2, 0) is 17.8 Å². The minimum atomic E-state index is -0.117. The average molecular weight is 366 g/mol. The predicted molar refractivity (Wildman–Crippen MR) is 102 cm³/mol. The monoisotopic (exact) mass is 365 g/mol. The number of anilines is 3. The highest BCUT2D eigenvalue weighted by Gasteiger charge is 2.21. The molecule has 130 valence electrons. The predicted octanol–water partition coefficient (Wildman–Crippen LogP) is 3.49. The summed E-state index contributed by atoms with van der Waals surface area (Å²) >= 11 is 6.06. The number of carbonyl (C=O) groups excluding carboxylic acids is 1. The van der Waals surface area contributed by atoms with Crippen molar-refractivity contribution in [2.75, 3.05) is 10.6 Å². The zero-order chi connectivity index (χ0) is 18.1. The largest absolute Gasteiger partial charge is 0.326 e. The number of rotatable bonds is 3. The van der Waals surface area contributed by atoms with Gasteiger partial charge in [0.2, 0.25) is 11.9 Å². The third-order valence-electron chi connectivity index (χ3n) is 4.17. The maximum atomic E-state index is 12.1. The number of halogens is 1. The van der Waals surface area contributed by atoms with Gasteiger partial charge in [-0.25, -0.2) is 9.97 Å². The van der Waals surface area contributed by atoms with Crippen molar-refractivity contribution in [3.05, 3.63) is 64.8 Å². The Morgan fingerprint density at radius 2 is 2.00 bits per heavy atom. The fraction of sp³-hybridized carbons (Fsp3) is 0.105. The van der Waals surface area contributed by atoms with Gasteiger partial charge in [0, 0.05) is 34.6 Å². The summed E-state index contributed by atoms with van der Waals surface area (Å²) in [5.41, 5.74) is 10.5. The molecule has 0 aliphatic carbocycles. The molecule has 2 heterocycles. The first-order chi connectivity index (χ1) is 12.6. The fourth-order valence-electron chi connectivity index (χ4n) is 2.88. The number of hydrogen-bond donors (Lipinski definition) is 3. The van der Waals surface area contributed by atoms with E-state index in [4.69, 9.17) is 17.3 Å². The van der Waals surface area contributed by atoms with Gasteiger partial charge in [-0.3, -0.25) is 4.79 Å². The minimum absolute atomic E-state index is 0.117. The molecule has 2 aromatic carbocycles. The standard InChI is InChI=1S/C19H16ClN5O/c20-13-3-6-15-16(8-13)24-17(26)7-12-10-22-19(25-18(12)15)23-14-4-1-11(9-21)2-5-14/h1-6,8,10H,7,9,21H2,(H,24,26)(H,22,23,25). The average Bonchev–Trinajstić information content (AvgIpc) is 2.77. The lowest BCUT2D eigenvalue weighted by atomic mass is 10.1. The Balaban J connectivity index is 1.73. The summed E-state index contributed by atoms with van der Waals surface area (Å²) in [6.45, 7) is 0.496. The molecule has 0 saturated heterocycles. The highest BCUT2D eigenvalue weighted by molar-refractivity contribution is 6.31. The molecule has 0 bridgehead atoms. The van der Waals surface area contributed by atoms with Crippen molar-refractivity contribution in [1.82, 2.24) is 9.97 Å². The first-order valence-corrected chi connectivity index (χ1v) is 8.52. The maximum Gasteiger partial charge on any atom is 0.228 e. The number of carbonyl (C=O) groups is 1. The smallest absolute Gasteiger partial charge is 0.228 e. The number of nitrogens with one attached hydrogen (secondary N) is 2. The Hall–Kier alpha value is -2.96. The second kappa shape index (κ2) is 6.74. The molecule has 1 aliphatic heterocycles. The molecule has 4 N–H and O–H groups in total. The topological polar surface area (TPSA) is 92.9 Å². The summed E-state index contributed by atoms with van der Waals surface area (Å²) in [7, 11) is 0. The molecular weight excluding hydrogens is 350 g/mol. The molecule has 1 aliphatic rings. The van der Waals surface area contributed by atoms with E-state index in [0.717, 1.165) is 22.4 Å². The van der Waals surface area contributed by atoms with Gasteiger partial charge in [0.15, 0.2) is 0 Å². The fourth-order valence-corrected chi connectivity index (χ4v) is 3.05. The number of nitrogens with two attached hydrogens (primary N) is 1. The van der Waals surface area contributed by atoms with Gasteiger partial charge >= 0.3 is 0 Å². The summed E-state index contributed by atoms with van der Waals surface area (Å²) < 4.78 is 0. The molecular formula is C19H16ClN5O. The number of benzene rings is 2. The molecule has 7 heteroatoms. The van der Waals surface area contributed by atoms with Gasteiger partial charge in [0.05, 0.1) is 17.8 Å². The van der Waals surface area contributed by atoms with Gasteiger partial charge in [0.25, 0.3) is 0 Å². The van der Waals surface area contributed by atoms with Gasteiger partial charge in [-0.15, -0.1) is 0 Å². The van der Waals surface area contributed by atoms with Crippen molar-refractivity contribution in [3.63, 3.8) is 0 Å². The van der Waals surface area contributed by atoms with E-state index in [1.807, 2.05) is 30.3 Å². The second-order valence-corrected chi connectivity index (χ2v) is 6.44. The summed E-state index contributed by atoms with van der Waals surface area (Å²) in [5.74, 6) is 0.341. The van der Waals surface area contributed by atoms with Gasteiger partial charge < -0.3 is 16.4 Å². The molecule has 0 saturated carbocycles. The molecule has 26 heavy (non-hydrogen) atoms. The van der Waals surface area contributed by atoms with Crippen molar-refractivity contribution in [2.24, 2.45) is 5.73 Å². The van der Waals surface area contributed by atoms with E-state index in [1.54, 1.807) is 18.3 Å². The molecule has 4 rings (SSSR count). The van der Waals surface area contributed by atoms with E-state index in [1.165, 1.54) is 0 Å². The van der Waals surface area contributed by atoms with Crippen LogP contribution < -0.4 is 16.4 Å². The van der Waals surface area contributed by atoms with Gasteiger partial charge in [0.1, 0.15) is 0 Å². The first kappa shape index (κ1) is 16.5. The van der Waals surface area contributed by atoms with Gasteiger partial charge in [-0.05, 0) is 35.9 Å². The van der Waals surface area contributed by atoms with Crippen LogP contribution in [0.3, 0.4) is 0 Å². The van der Waals surface area contributed by atoms with Crippen LogP contribution in [0.2, 0.25) is 5.02 Å². The zero-order valence-electron chi connectivity index (χ0n) is 13.8. The quantitative estimate of drug-likeness (QED) is 0.660. The van der Waals surface area contributed by atoms with Crippen molar-refractivity contribution in [3.8, 4) is 11.3 Å². The normalized spacial score (nSPS) is 12.6. The van der Waals surface area contributed by atoms with E-state index in [9.17, 15) is 4.79 Å². The number of hydrogen-bond acceptors (Lipinski definition) is 5. The molecule has 0 atom stereocenters. The SMILES string of the molecule is NCc1ccc(Nc2ncc3c(n2)-c2ccc(Cl)cc2NC(=O)C3)cc1. The van der Waals surface area contributed by atoms with Crippen LogP contribution in [0, 0.1) is 0 Å². The third kappa shape index (κ3) is 3.24. The Bertz CT molecular complexity index is 988. The highest BCUT2D eigenvalue weighted by Crippen LogP contribution is 2.34. The highest BCUT2D eigenvalue weighted by atomic mass is 35.5. The zero-order valence-corrected chi connectivity index (χ0v) is 14.5. The maximum absolute atomic E-state index is 12.1. The van der Waals surface area contributed by atoms with Crippen molar-refractivity contribution < 1.29 is 4.79 Å². The van der Waals surface area contributed by atoms with E-state index in [2.05, 4.69) is 20.6 Å². The lowest BCUT2D eigenvalue weighted by molar-refractivity contribution is -0.115. The number of fused-ring (bicyclic) bond motifs is 3. The molecule has 0 radical (unpaired) electrons. The second-order valence-electron chi connectivity index (χ2n) is 6.01. The lowest BCUT2D eigenvalue weighted by Gasteiger charge is -2.11. The van der Waals surface area contributed by atoms with E-state index in [-0.39, 0.29) is 12.3 Å². The molecule has 0 unspecified atom stereocenters. The van der Waals surface area contributed by atoms with Crippen molar-refractivity contribution >= 4 is 34.8 Å². The number of amides is 1. The molecule has 3 aromatic rings. The summed E-state index contributed by atoms with van der Waals surface area (Å²) in [6.07, 6.45) is 1.90. The van der Waals surface area contributed by atoms with E-state index in [0.29, 0.717) is 28.9 Å². The van der Waals surface area contributed by atoms with Crippen molar-refractivity contribution in [2.45, 2.75) is 13.0 Å². The van der Waals surface area contributed by atoms with Crippen LogP contribution in [-0.4, -0.2) is 15.9 Å². The Labute approximate surface area is 155 Å². The first-order valence-electron chi connectivity index (χ1n) is 8.14. The van der Waals surface area contributed by atoms with Crippen LogP contribution in [0.5, 0.6) is 0 Å². The number of aromatic nitrogens is 2. The van der Waals surface area contributed by atoms with Crippen LogP contribution in [0.4, 0.5) is 17.3 Å². The van der Waals surface area contributed by atoms with Crippen LogP contribution in [0.1, 0.15) is 11.1 Å². The Morgan fingerprint density at radius 3 is 2.77 bits per heavy atom. The van der Waals surface area contributed by atoms with Crippen LogP contribution in [0.25, 0.3) is 11.3 Å².